The molecule has 2 aromatic carbocycles. The van der Waals surface area contributed by atoms with E-state index in [0.29, 0.717) is 0 Å². The minimum atomic E-state index is -1.42. The minimum Gasteiger partial charge on any atom is -0.478 e. The highest BCUT2D eigenvalue weighted by Gasteiger charge is 2.14. The van der Waals surface area contributed by atoms with Crippen molar-refractivity contribution in [3.05, 3.63) is 59.4 Å². The van der Waals surface area contributed by atoms with Gasteiger partial charge in [-0.2, -0.15) is 0 Å². The second-order valence-electron chi connectivity index (χ2n) is 3.60. The van der Waals surface area contributed by atoms with E-state index >= 15 is 0 Å². The van der Waals surface area contributed by atoms with Crippen LogP contribution in [0.15, 0.2) is 36.4 Å². The van der Waals surface area contributed by atoms with Gasteiger partial charge in [-0.05, 0) is 23.8 Å². The average molecular weight is 252 g/mol. The molecule has 0 spiro atoms. The lowest BCUT2D eigenvalue weighted by molar-refractivity contribution is 0.0692. The molecule has 2 rings (SSSR count). The van der Waals surface area contributed by atoms with Gasteiger partial charge in [-0.15, -0.1) is 0 Å². The smallest absolute Gasteiger partial charge is 0.338 e. The van der Waals surface area contributed by atoms with Crippen molar-refractivity contribution in [2.45, 2.75) is 0 Å². The van der Waals surface area contributed by atoms with E-state index in [0.717, 1.165) is 18.2 Å². The Kier molecular flexibility index (Phi) is 3.06. The molecule has 0 aliphatic rings. The van der Waals surface area contributed by atoms with E-state index in [1.807, 2.05) is 0 Å². The Morgan fingerprint density at radius 3 is 2.33 bits per heavy atom. The van der Waals surface area contributed by atoms with E-state index in [-0.39, 0.29) is 11.1 Å². The molecule has 0 fully saturated rings. The van der Waals surface area contributed by atoms with Crippen molar-refractivity contribution >= 4 is 5.97 Å². The van der Waals surface area contributed by atoms with Gasteiger partial charge in [0.2, 0.25) is 0 Å². The summed E-state index contributed by atoms with van der Waals surface area (Å²) in [5, 5.41) is 8.65. The summed E-state index contributed by atoms with van der Waals surface area (Å²) in [5.74, 6) is -4.56. The molecule has 5 heteroatoms. The quantitative estimate of drug-likeness (QED) is 0.888. The summed E-state index contributed by atoms with van der Waals surface area (Å²) >= 11 is 0. The Morgan fingerprint density at radius 2 is 1.72 bits per heavy atom. The number of carboxylic acids is 1. The number of halogens is 3. The molecule has 2 nitrogen and oxygen atoms in total. The van der Waals surface area contributed by atoms with Crippen LogP contribution < -0.4 is 0 Å². The summed E-state index contributed by atoms with van der Waals surface area (Å²) in [4.78, 5) is 10.6. The molecule has 0 radical (unpaired) electrons. The molecule has 0 saturated carbocycles. The molecule has 1 N–H and O–H groups in total. The molecular weight excluding hydrogens is 245 g/mol. The number of benzene rings is 2. The summed E-state index contributed by atoms with van der Waals surface area (Å²) in [6, 6.07) is 6.62. The highest BCUT2D eigenvalue weighted by atomic mass is 19.2. The Balaban J connectivity index is 2.56. The number of hydrogen-bond donors (Lipinski definition) is 1. The molecule has 0 saturated heterocycles. The molecule has 92 valence electrons. The number of carbonyl (C=O) groups is 1. The fourth-order valence-electron chi connectivity index (χ4n) is 1.58. The molecule has 0 aliphatic heterocycles. The fraction of sp³-hybridized carbons (Fsp3) is 0. The Morgan fingerprint density at radius 1 is 1.00 bits per heavy atom. The van der Waals surface area contributed by atoms with Crippen molar-refractivity contribution in [1.29, 1.82) is 0 Å². The van der Waals surface area contributed by atoms with Gasteiger partial charge in [0.15, 0.2) is 11.6 Å². The molecule has 0 aromatic heterocycles. The van der Waals surface area contributed by atoms with Gasteiger partial charge in [0.05, 0.1) is 5.56 Å². The minimum absolute atomic E-state index is 0.0782. The van der Waals surface area contributed by atoms with Gasteiger partial charge in [0.1, 0.15) is 5.82 Å². The molecule has 18 heavy (non-hydrogen) atoms. The Hall–Kier alpha value is -2.30. The highest BCUT2D eigenvalue weighted by Crippen LogP contribution is 2.26. The summed E-state index contributed by atoms with van der Waals surface area (Å²) in [7, 11) is 0. The zero-order chi connectivity index (χ0) is 13.3. The predicted molar refractivity (Wildman–Crippen MR) is 58.7 cm³/mol. The Labute approximate surface area is 100 Å². The van der Waals surface area contributed by atoms with Crippen molar-refractivity contribution in [2.24, 2.45) is 0 Å². The molecule has 0 unspecified atom stereocenters. The number of aromatic carboxylic acids is 1. The molecule has 0 bridgehead atoms. The number of rotatable bonds is 2. The van der Waals surface area contributed by atoms with E-state index in [4.69, 9.17) is 5.11 Å². The van der Waals surface area contributed by atoms with Crippen LogP contribution in [0.5, 0.6) is 0 Å². The zero-order valence-electron chi connectivity index (χ0n) is 8.95. The standard InChI is InChI=1S/C13H7F3O2/c14-10-3-1-2-8(12(10)16)7-4-5-9(13(17)18)11(15)6-7/h1-6H,(H,17,18). The van der Waals surface area contributed by atoms with Crippen LogP contribution in [0.3, 0.4) is 0 Å². The lowest BCUT2D eigenvalue weighted by Gasteiger charge is -2.05. The third kappa shape index (κ3) is 2.07. The van der Waals surface area contributed by atoms with Crippen molar-refractivity contribution in [3.63, 3.8) is 0 Å². The molecule has 0 atom stereocenters. The summed E-state index contributed by atoms with van der Waals surface area (Å²) in [6.07, 6.45) is 0. The van der Waals surface area contributed by atoms with Gasteiger partial charge >= 0.3 is 5.97 Å². The monoisotopic (exact) mass is 252 g/mol. The third-order valence-corrected chi connectivity index (χ3v) is 2.46. The Bertz CT molecular complexity index is 624. The van der Waals surface area contributed by atoms with Crippen LogP contribution in [0.25, 0.3) is 11.1 Å². The number of hydrogen-bond acceptors (Lipinski definition) is 1. The van der Waals surface area contributed by atoms with Crippen LogP contribution in [-0.2, 0) is 0 Å². The van der Waals surface area contributed by atoms with Gasteiger partial charge in [0.25, 0.3) is 0 Å². The summed E-state index contributed by atoms with van der Waals surface area (Å²) in [5.41, 5.74) is -0.559. The largest absolute Gasteiger partial charge is 0.478 e. The van der Waals surface area contributed by atoms with Gasteiger partial charge in [-0.25, -0.2) is 18.0 Å². The SMILES string of the molecule is O=C(O)c1ccc(-c2cccc(F)c2F)cc1F. The van der Waals surface area contributed by atoms with Gasteiger partial charge < -0.3 is 5.11 Å². The molecule has 0 aliphatic carbocycles. The lowest BCUT2D eigenvalue weighted by Crippen LogP contribution is -2.00. The van der Waals surface area contributed by atoms with Crippen LogP contribution in [0, 0.1) is 17.5 Å². The topological polar surface area (TPSA) is 37.3 Å². The van der Waals surface area contributed by atoms with Crippen molar-refractivity contribution in [2.75, 3.05) is 0 Å². The summed E-state index contributed by atoms with van der Waals surface area (Å²) in [6.45, 7) is 0. The maximum Gasteiger partial charge on any atom is 0.338 e. The van der Waals surface area contributed by atoms with Gasteiger partial charge in [-0.3, -0.25) is 0 Å². The number of carboxylic acid groups (broad SMARTS) is 1. The normalized spacial score (nSPS) is 10.4. The lowest BCUT2D eigenvalue weighted by atomic mass is 10.0. The van der Waals surface area contributed by atoms with Crippen LogP contribution in [-0.4, -0.2) is 11.1 Å². The molecule has 0 heterocycles. The van der Waals surface area contributed by atoms with E-state index in [9.17, 15) is 18.0 Å². The first-order valence-electron chi connectivity index (χ1n) is 4.98. The zero-order valence-corrected chi connectivity index (χ0v) is 8.95. The first kappa shape index (κ1) is 12.2. The van der Waals surface area contributed by atoms with Crippen molar-refractivity contribution < 1.29 is 23.1 Å². The maximum absolute atomic E-state index is 13.5. The van der Waals surface area contributed by atoms with E-state index in [1.165, 1.54) is 18.2 Å². The fourth-order valence-corrected chi connectivity index (χ4v) is 1.58. The van der Waals surface area contributed by atoms with E-state index in [1.54, 1.807) is 0 Å². The van der Waals surface area contributed by atoms with Gasteiger partial charge in [-0.1, -0.05) is 18.2 Å². The predicted octanol–water partition coefficient (Wildman–Crippen LogP) is 3.47. The van der Waals surface area contributed by atoms with Crippen LogP contribution in [0.4, 0.5) is 13.2 Å². The third-order valence-electron chi connectivity index (χ3n) is 2.46. The summed E-state index contributed by atoms with van der Waals surface area (Å²) < 4.78 is 39.9. The van der Waals surface area contributed by atoms with Crippen LogP contribution in [0.1, 0.15) is 10.4 Å². The van der Waals surface area contributed by atoms with E-state index in [2.05, 4.69) is 0 Å². The van der Waals surface area contributed by atoms with Crippen molar-refractivity contribution in [3.8, 4) is 11.1 Å². The first-order valence-corrected chi connectivity index (χ1v) is 4.98. The van der Waals surface area contributed by atoms with Crippen molar-refractivity contribution in [1.82, 2.24) is 0 Å². The second kappa shape index (κ2) is 4.52. The maximum atomic E-state index is 13.5. The first-order chi connectivity index (χ1) is 8.50. The average Bonchev–Trinajstić information content (AvgIpc) is 2.32. The van der Waals surface area contributed by atoms with Gasteiger partial charge in [0, 0.05) is 5.56 Å². The van der Waals surface area contributed by atoms with Crippen LogP contribution >= 0.6 is 0 Å². The molecular formula is C13H7F3O2. The molecule has 2 aromatic rings. The van der Waals surface area contributed by atoms with E-state index < -0.39 is 29.0 Å². The second-order valence-corrected chi connectivity index (χ2v) is 3.60. The van der Waals surface area contributed by atoms with Crippen LogP contribution in [0.2, 0.25) is 0 Å². The molecule has 0 amide bonds. The highest BCUT2D eigenvalue weighted by molar-refractivity contribution is 5.88.